The number of carbonyl (C=O) groups is 3. The first kappa shape index (κ1) is 16.2. The fraction of sp³-hybridized carbons (Fsp3) is 0.700. The van der Waals surface area contributed by atoms with Crippen molar-refractivity contribution in [3.63, 3.8) is 0 Å². The number of urea groups is 1. The van der Waals surface area contributed by atoms with Gasteiger partial charge in [0.1, 0.15) is 6.61 Å². The molecule has 0 radical (unpaired) electrons. The third kappa shape index (κ3) is 7.44. The minimum absolute atomic E-state index is 0.0102. The van der Waals surface area contributed by atoms with Gasteiger partial charge in [-0.1, -0.05) is 0 Å². The molecule has 0 aliphatic carbocycles. The van der Waals surface area contributed by atoms with E-state index in [1.807, 2.05) is 0 Å². The lowest BCUT2D eigenvalue weighted by Crippen LogP contribution is -2.44. The third-order valence-corrected chi connectivity index (χ3v) is 2.05. The van der Waals surface area contributed by atoms with Gasteiger partial charge in [-0.2, -0.15) is 0 Å². The number of carboxylic acid groups (broad SMARTS) is 1. The van der Waals surface area contributed by atoms with E-state index < -0.39 is 23.3 Å². The average molecular weight is 261 g/mol. The van der Waals surface area contributed by atoms with Crippen LogP contribution in [0.2, 0.25) is 0 Å². The van der Waals surface area contributed by atoms with Crippen molar-refractivity contribution in [1.82, 2.24) is 10.6 Å². The lowest BCUT2D eigenvalue weighted by atomic mass is 9.94. The zero-order valence-electron chi connectivity index (χ0n) is 10.5. The van der Waals surface area contributed by atoms with Gasteiger partial charge in [0, 0.05) is 13.1 Å². The quantitative estimate of drug-likeness (QED) is 0.412. The second-order valence-corrected chi connectivity index (χ2v) is 4.32. The minimum Gasteiger partial charge on any atom is -0.481 e. The average Bonchev–Trinajstić information content (AvgIpc) is 2.25. The topological polar surface area (TPSA) is 131 Å². The van der Waals surface area contributed by atoms with Crippen LogP contribution in [0, 0.1) is 5.41 Å². The van der Waals surface area contributed by atoms with E-state index in [9.17, 15) is 14.4 Å². The number of rotatable bonds is 8. The molecular formula is C10H19N3O5. The number of ether oxygens (including phenoxy) is 1. The summed E-state index contributed by atoms with van der Waals surface area (Å²) in [6, 6.07) is -0.494. The maximum atomic E-state index is 11.2. The molecule has 0 aromatic carbocycles. The van der Waals surface area contributed by atoms with Crippen LogP contribution in [-0.2, 0) is 14.3 Å². The van der Waals surface area contributed by atoms with Crippen LogP contribution in [-0.4, -0.2) is 49.3 Å². The summed E-state index contributed by atoms with van der Waals surface area (Å²) >= 11 is 0. The Kier molecular flexibility index (Phi) is 6.73. The Bertz CT molecular complexity index is 317. The monoisotopic (exact) mass is 261 g/mol. The molecule has 0 saturated heterocycles. The maximum Gasteiger partial charge on any atom is 0.314 e. The summed E-state index contributed by atoms with van der Waals surface area (Å²) in [6.45, 7) is 3.17. The van der Waals surface area contributed by atoms with Gasteiger partial charge in [0.2, 0.25) is 5.91 Å². The third-order valence-electron chi connectivity index (χ3n) is 2.05. The Hall–Kier alpha value is -1.83. The standard InChI is InChI=1S/C10H19N3O5/c1-10(2,8(15)16)6-13-9(17)12-3-4-18-5-7(11)14/h3-6H2,1-2H3,(H2,11,14)(H,15,16)(H2,12,13,17). The molecule has 0 aromatic rings. The molecular weight excluding hydrogens is 242 g/mol. The van der Waals surface area contributed by atoms with Crippen molar-refractivity contribution in [2.24, 2.45) is 11.1 Å². The lowest BCUT2D eigenvalue weighted by Gasteiger charge is -2.19. The van der Waals surface area contributed by atoms with Crippen LogP contribution in [0.5, 0.6) is 0 Å². The van der Waals surface area contributed by atoms with Gasteiger partial charge in [0.25, 0.3) is 0 Å². The molecule has 18 heavy (non-hydrogen) atoms. The molecule has 0 saturated carbocycles. The summed E-state index contributed by atoms with van der Waals surface area (Å²) in [5.74, 6) is -1.57. The van der Waals surface area contributed by atoms with Gasteiger partial charge in [0.05, 0.1) is 12.0 Å². The molecule has 0 fully saturated rings. The molecule has 8 heteroatoms. The van der Waals surface area contributed by atoms with E-state index >= 15 is 0 Å². The second kappa shape index (κ2) is 7.49. The lowest BCUT2D eigenvalue weighted by molar-refractivity contribution is -0.146. The van der Waals surface area contributed by atoms with Crippen molar-refractivity contribution < 1.29 is 24.2 Å². The Morgan fingerprint density at radius 1 is 1.28 bits per heavy atom. The van der Waals surface area contributed by atoms with Crippen molar-refractivity contribution in [2.75, 3.05) is 26.3 Å². The highest BCUT2D eigenvalue weighted by molar-refractivity contribution is 5.77. The Balaban J connectivity index is 3.67. The Morgan fingerprint density at radius 3 is 2.39 bits per heavy atom. The Labute approximate surface area is 105 Å². The molecule has 8 nitrogen and oxygen atoms in total. The number of nitrogens with one attached hydrogen (secondary N) is 2. The summed E-state index contributed by atoms with van der Waals surface area (Å²) in [6.07, 6.45) is 0. The first-order chi connectivity index (χ1) is 8.25. The zero-order valence-corrected chi connectivity index (χ0v) is 10.5. The predicted octanol–water partition coefficient (Wildman–Crippen LogP) is -1.10. The summed E-state index contributed by atoms with van der Waals surface area (Å²) in [5, 5.41) is 13.7. The summed E-state index contributed by atoms with van der Waals surface area (Å²) < 4.78 is 4.82. The fourth-order valence-electron chi connectivity index (χ4n) is 0.849. The smallest absolute Gasteiger partial charge is 0.314 e. The van der Waals surface area contributed by atoms with Crippen molar-refractivity contribution >= 4 is 17.9 Å². The van der Waals surface area contributed by atoms with E-state index in [2.05, 4.69) is 10.6 Å². The van der Waals surface area contributed by atoms with Crippen LogP contribution >= 0.6 is 0 Å². The summed E-state index contributed by atoms with van der Waals surface area (Å²) in [7, 11) is 0. The van der Waals surface area contributed by atoms with Crippen LogP contribution in [0.15, 0.2) is 0 Å². The second-order valence-electron chi connectivity index (χ2n) is 4.32. The van der Waals surface area contributed by atoms with Crippen molar-refractivity contribution in [3.05, 3.63) is 0 Å². The SMILES string of the molecule is CC(C)(CNC(=O)NCCOCC(N)=O)C(=O)O. The number of carboxylic acids is 1. The molecule has 0 aliphatic heterocycles. The van der Waals surface area contributed by atoms with Crippen LogP contribution in [0.1, 0.15) is 13.8 Å². The molecule has 0 spiro atoms. The molecule has 104 valence electrons. The molecule has 3 amide bonds. The van der Waals surface area contributed by atoms with E-state index in [0.29, 0.717) is 0 Å². The summed E-state index contributed by atoms with van der Waals surface area (Å²) in [4.78, 5) is 32.3. The van der Waals surface area contributed by atoms with E-state index in [1.54, 1.807) is 0 Å². The highest BCUT2D eigenvalue weighted by Crippen LogP contribution is 2.12. The molecule has 0 heterocycles. The highest BCUT2D eigenvalue weighted by atomic mass is 16.5. The molecule has 0 aliphatic rings. The maximum absolute atomic E-state index is 11.2. The van der Waals surface area contributed by atoms with Crippen LogP contribution in [0.4, 0.5) is 4.79 Å². The number of nitrogens with two attached hydrogens (primary N) is 1. The van der Waals surface area contributed by atoms with Gasteiger partial charge in [-0.25, -0.2) is 4.79 Å². The van der Waals surface area contributed by atoms with Gasteiger partial charge in [-0.3, -0.25) is 9.59 Å². The van der Waals surface area contributed by atoms with E-state index in [4.69, 9.17) is 15.6 Å². The van der Waals surface area contributed by atoms with Crippen molar-refractivity contribution in [1.29, 1.82) is 0 Å². The first-order valence-electron chi connectivity index (χ1n) is 5.37. The van der Waals surface area contributed by atoms with E-state index in [-0.39, 0.29) is 26.3 Å². The molecule has 5 N–H and O–H groups in total. The van der Waals surface area contributed by atoms with Gasteiger partial charge in [-0.15, -0.1) is 0 Å². The first-order valence-corrected chi connectivity index (χ1v) is 5.37. The molecule has 0 rings (SSSR count). The highest BCUT2D eigenvalue weighted by Gasteiger charge is 2.27. The zero-order chi connectivity index (χ0) is 14.2. The van der Waals surface area contributed by atoms with Crippen LogP contribution in [0.3, 0.4) is 0 Å². The largest absolute Gasteiger partial charge is 0.481 e. The van der Waals surface area contributed by atoms with Crippen molar-refractivity contribution in [2.45, 2.75) is 13.8 Å². The molecule has 0 bridgehead atoms. The van der Waals surface area contributed by atoms with Gasteiger partial charge in [-0.05, 0) is 13.8 Å². The van der Waals surface area contributed by atoms with E-state index in [1.165, 1.54) is 13.8 Å². The number of aliphatic carboxylic acids is 1. The van der Waals surface area contributed by atoms with Crippen molar-refractivity contribution in [3.8, 4) is 0 Å². The number of amides is 3. The normalized spacial score (nSPS) is 10.8. The Morgan fingerprint density at radius 2 is 1.89 bits per heavy atom. The number of hydrogen-bond acceptors (Lipinski definition) is 4. The fourth-order valence-corrected chi connectivity index (χ4v) is 0.849. The number of carbonyl (C=O) groups excluding carboxylic acids is 2. The molecule has 0 atom stereocenters. The van der Waals surface area contributed by atoms with Gasteiger partial charge >= 0.3 is 12.0 Å². The number of primary amides is 1. The predicted molar refractivity (Wildman–Crippen MR) is 62.8 cm³/mol. The number of hydrogen-bond donors (Lipinski definition) is 4. The van der Waals surface area contributed by atoms with Crippen LogP contribution in [0.25, 0.3) is 0 Å². The van der Waals surface area contributed by atoms with Gasteiger partial charge < -0.3 is 26.2 Å². The van der Waals surface area contributed by atoms with Gasteiger partial charge in [0.15, 0.2) is 0 Å². The van der Waals surface area contributed by atoms with E-state index in [0.717, 1.165) is 0 Å². The van der Waals surface area contributed by atoms with Crippen LogP contribution < -0.4 is 16.4 Å². The summed E-state index contributed by atoms with van der Waals surface area (Å²) in [5.41, 5.74) is 3.81. The minimum atomic E-state index is -1.03. The molecule has 0 aromatic heterocycles. The molecule has 0 unspecified atom stereocenters.